The number of allylic oxidation sites excluding steroid dienone is 1. The van der Waals surface area contributed by atoms with Gasteiger partial charge in [-0.2, -0.15) is 0 Å². The fourth-order valence-electron chi connectivity index (χ4n) is 4.89. The minimum atomic E-state index is 1.03. The summed E-state index contributed by atoms with van der Waals surface area (Å²) in [7, 11) is 2.23. The Morgan fingerprint density at radius 3 is 2.59 bits per heavy atom. The SMILES string of the molecule is C/C(=C/n1c2c(c3cc(N4CCCCC4)ccc31)CN(C)CC2)c1ccncc1. The monoisotopic (exact) mass is 386 g/mol. The van der Waals surface area contributed by atoms with Crippen molar-refractivity contribution < 1.29 is 0 Å². The van der Waals surface area contributed by atoms with Crippen molar-refractivity contribution in [3.63, 3.8) is 0 Å². The van der Waals surface area contributed by atoms with Gasteiger partial charge in [-0.15, -0.1) is 0 Å². The van der Waals surface area contributed by atoms with Crippen LogP contribution in [0.2, 0.25) is 0 Å². The van der Waals surface area contributed by atoms with E-state index in [9.17, 15) is 0 Å². The van der Waals surface area contributed by atoms with Crippen molar-refractivity contribution in [2.75, 3.05) is 31.6 Å². The lowest BCUT2D eigenvalue weighted by molar-refractivity contribution is 0.312. The molecule has 2 aromatic heterocycles. The maximum atomic E-state index is 4.16. The van der Waals surface area contributed by atoms with Crippen molar-refractivity contribution in [2.24, 2.45) is 0 Å². The van der Waals surface area contributed by atoms with Gasteiger partial charge in [-0.25, -0.2) is 0 Å². The number of nitrogens with zero attached hydrogens (tertiary/aromatic N) is 4. The Morgan fingerprint density at radius 1 is 1.00 bits per heavy atom. The molecule has 4 heterocycles. The van der Waals surface area contributed by atoms with Crippen LogP contribution in [0.1, 0.15) is 43.0 Å². The predicted molar refractivity (Wildman–Crippen MR) is 122 cm³/mol. The molecule has 1 saturated heterocycles. The van der Waals surface area contributed by atoms with Crippen LogP contribution in [0.4, 0.5) is 5.69 Å². The Hall–Kier alpha value is -2.59. The van der Waals surface area contributed by atoms with Gasteiger partial charge in [0.2, 0.25) is 0 Å². The first-order valence-corrected chi connectivity index (χ1v) is 10.9. The molecule has 150 valence electrons. The standard InChI is InChI=1S/C25H30N4/c1-19(20-8-11-26-12-9-20)17-29-24-7-6-21(28-13-4-3-5-14-28)16-22(24)23-18-27(2)15-10-25(23)29/h6-9,11-12,16-17H,3-5,10,13-15,18H2,1-2H3/b19-17-. The first-order valence-electron chi connectivity index (χ1n) is 10.9. The molecule has 0 radical (unpaired) electrons. The molecule has 2 aliphatic heterocycles. The van der Waals surface area contributed by atoms with Crippen LogP contribution in [0.25, 0.3) is 22.7 Å². The van der Waals surface area contributed by atoms with Crippen molar-refractivity contribution >= 4 is 28.4 Å². The third kappa shape index (κ3) is 3.46. The Bertz CT molecular complexity index is 1040. The molecule has 0 amide bonds. The van der Waals surface area contributed by atoms with Crippen molar-refractivity contribution in [3.05, 3.63) is 59.5 Å². The van der Waals surface area contributed by atoms with Gasteiger partial charge in [0.15, 0.2) is 0 Å². The largest absolute Gasteiger partial charge is 0.372 e. The minimum Gasteiger partial charge on any atom is -0.372 e. The molecular formula is C25H30N4. The molecule has 3 aromatic rings. The molecule has 0 saturated carbocycles. The zero-order valence-electron chi connectivity index (χ0n) is 17.6. The van der Waals surface area contributed by atoms with Gasteiger partial charge in [-0.1, -0.05) is 0 Å². The molecular weight excluding hydrogens is 356 g/mol. The maximum absolute atomic E-state index is 4.16. The number of benzene rings is 1. The van der Waals surface area contributed by atoms with Gasteiger partial charge in [0.25, 0.3) is 0 Å². The topological polar surface area (TPSA) is 24.3 Å². The molecule has 0 atom stereocenters. The molecule has 29 heavy (non-hydrogen) atoms. The first kappa shape index (κ1) is 18.4. The molecule has 1 fully saturated rings. The molecule has 0 spiro atoms. The van der Waals surface area contributed by atoms with Gasteiger partial charge in [-0.3, -0.25) is 4.98 Å². The second-order valence-corrected chi connectivity index (χ2v) is 8.58. The predicted octanol–water partition coefficient (Wildman–Crippen LogP) is 5.03. The van der Waals surface area contributed by atoms with Gasteiger partial charge in [-0.05, 0) is 80.3 Å². The number of hydrogen-bond donors (Lipinski definition) is 0. The Kier molecular flexibility index (Phi) is 4.88. The lowest BCUT2D eigenvalue weighted by Gasteiger charge is -2.29. The number of aromatic nitrogens is 2. The number of piperidine rings is 1. The molecule has 4 heteroatoms. The highest BCUT2D eigenvalue weighted by molar-refractivity contribution is 5.92. The summed E-state index contributed by atoms with van der Waals surface area (Å²) in [5, 5.41) is 1.42. The number of likely N-dealkylation sites (N-methyl/N-ethyl adjacent to an activating group) is 1. The van der Waals surface area contributed by atoms with E-state index in [0.717, 1.165) is 19.5 Å². The van der Waals surface area contributed by atoms with Crippen LogP contribution in [0, 0.1) is 0 Å². The molecule has 5 rings (SSSR count). The summed E-state index contributed by atoms with van der Waals surface area (Å²) in [6, 6.07) is 11.3. The number of hydrogen-bond acceptors (Lipinski definition) is 3. The van der Waals surface area contributed by atoms with Gasteiger partial charge >= 0.3 is 0 Å². The average Bonchev–Trinajstić information content (AvgIpc) is 3.07. The number of anilines is 1. The smallest absolute Gasteiger partial charge is 0.0530 e. The normalized spacial score (nSPS) is 18.3. The van der Waals surface area contributed by atoms with Gasteiger partial charge < -0.3 is 14.4 Å². The van der Waals surface area contributed by atoms with E-state index in [1.54, 1.807) is 0 Å². The van der Waals surface area contributed by atoms with Crippen LogP contribution in [-0.2, 0) is 13.0 Å². The highest BCUT2D eigenvalue weighted by atomic mass is 15.1. The average molecular weight is 387 g/mol. The Morgan fingerprint density at radius 2 is 1.79 bits per heavy atom. The summed E-state index contributed by atoms with van der Waals surface area (Å²) < 4.78 is 2.45. The zero-order valence-corrected chi connectivity index (χ0v) is 17.6. The van der Waals surface area contributed by atoms with Gasteiger partial charge in [0, 0.05) is 68.0 Å². The highest BCUT2D eigenvalue weighted by Crippen LogP contribution is 2.35. The summed E-state index contributed by atoms with van der Waals surface area (Å²) in [5.74, 6) is 0. The van der Waals surface area contributed by atoms with E-state index in [0.29, 0.717) is 0 Å². The summed E-state index contributed by atoms with van der Waals surface area (Å²) in [4.78, 5) is 9.17. The van der Waals surface area contributed by atoms with Crippen molar-refractivity contribution in [1.82, 2.24) is 14.5 Å². The molecule has 0 bridgehead atoms. The van der Waals surface area contributed by atoms with E-state index in [4.69, 9.17) is 0 Å². The molecule has 1 aromatic carbocycles. The van der Waals surface area contributed by atoms with E-state index in [2.05, 4.69) is 69.9 Å². The highest BCUT2D eigenvalue weighted by Gasteiger charge is 2.23. The molecule has 0 aliphatic carbocycles. The lowest BCUT2D eigenvalue weighted by atomic mass is 10.0. The van der Waals surface area contributed by atoms with Crippen LogP contribution in [0.15, 0.2) is 42.7 Å². The third-order valence-electron chi connectivity index (χ3n) is 6.54. The second kappa shape index (κ2) is 7.68. The van der Waals surface area contributed by atoms with Crippen LogP contribution in [0.3, 0.4) is 0 Å². The first-order chi connectivity index (χ1) is 14.2. The van der Waals surface area contributed by atoms with E-state index in [1.807, 2.05) is 12.4 Å². The third-order valence-corrected chi connectivity index (χ3v) is 6.54. The summed E-state index contributed by atoms with van der Waals surface area (Å²) in [6.07, 6.45) is 11.2. The van der Waals surface area contributed by atoms with E-state index >= 15 is 0 Å². The fraction of sp³-hybridized carbons (Fsp3) is 0.400. The van der Waals surface area contributed by atoms with Crippen LogP contribution in [-0.4, -0.2) is 41.1 Å². The number of fused-ring (bicyclic) bond motifs is 3. The summed E-state index contributed by atoms with van der Waals surface area (Å²) >= 11 is 0. The second-order valence-electron chi connectivity index (χ2n) is 8.58. The maximum Gasteiger partial charge on any atom is 0.0530 e. The Labute approximate surface area is 173 Å². The van der Waals surface area contributed by atoms with E-state index in [1.165, 1.54) is 71.3 Å². The molecule has 0 unspecified atom stereocenters. The zero-order chi connectivity index (χ0) is 19.8. The van der Waals surface area contributed by atoms with Gasteiger partial charge in [0.05, 0.1) is 5.52 Å². The van der Waals surface area contributed by atoms with Crippen molar-refractivity contribution in [3.8, 4) is 0 Å². The fourth-order valence-corrected chi connectivity index (χ4v) is 4.89. The Balaban J connectivity index is 1.64. The molecule has 2 aliphatic rings. The summed E-state index contributed by atoms with van der Waals surface area (Å²) in [5.41, 5.74) is 8.20. The van der Waals surface area contributed by atoms with Crippen LogP contribution < -0.4 is 4.90 Å². The summed E-state index contributed by atoms with van der Waals surface area (Å²) in [6.45, 7) is 6.73. The van der Waals surface area contributed by atoms with E-state index in [-0.39, 0.29) is 0 Å². The van der Waals surface area contributed by atoms with Crippen molar-refractivity contribution in [1.29, 1.82) is 0 Å². The molecule has 0 N–H and O–H groups in total. The molecule has 4 nitrogen and oxygen atoms in total. The number of pyridine rings is 1. The lowest BCUT2D eigenvalue weighted by Crippen LogP contribution is -2.29. The number of rotatable bonds is 3. The van der Waals surface area contributed by atoms with Crippen LogP contribution in [0.5, 0.6) is 0 Å². The van der Waals surface area contributed by atoms with Crippen molar-refractivity contribution in [2.45, 2.75) is 39.2 Å². The quantitative estimate of drug-likeness (QED) is 0.631. The van der Waals surface area contributed by atoms with Gasteiger partial charge in [0.1, 0.15) is 0 Å². The van der Waals surface area contributed by atoms with Crippen LogP contribution >= 0.6 is 0 Å². The minimum absolute atomic E-state index is 1.03. The van der Waals surface area contributed by atoms with E-state index < -0.39 is 0 Å².